The topological polar surface area (TPSA) is 17.1 Å². The zero-order chi connectivity index (χ0) is 10.1. The molecule has 0 fully saturated rings. The summed E-state index contributed by atoms with van der Waals surface area (Å²) >= 11 is 6.93. The summed E-state index contributed by atoms with van der Waals surface area (Å²) in [7, 11) is 0. The second-order valence-electron chi connectivity index (χ2n) is 2.96. The number of aldehydes is 1. The molecule has 0 radical (unpaired) electrons. The van der Waals surface area contributed by atoms with Crippen molar-refractivity contribution < 1.29 is 4.79 Å². The maximum Gasteiger partial charge on any atom is 0.150 e. The lowest BCUT2D eigenvalue weighted by atomic mass is 10.1. The summed E-state index contributed by atoms with van der Waals surface area (Å²) in [6.45, 7) is 0. The van der Waals surface area contributed by atoms with Crippen LogP contribution in [0.3, 0.4) is 0 Å². The maximum atomic E-state index is 10.7. The summed E-state index contributed by atoms with van der Waals surface area (Å²) < 4.78 is 1.96. The van der Waals surface area contributed by atoms with Gasteiger partial charge in [-0.15, -0.1) is 0 Å². The average Bonchev–Trinajstić information content (AvgIpc) is 2.17. The van der Waals surface area contributed by atoms with E-state index < -0.39 is 0 Å². The standard InChI is InChI=1S/C11H6Br2O/c12-9-3-1-2-8-4-7(6-14)5-10(13)11(8)9/h1-6H. The van der Waals surface area contributed by atoms with Crippen molar-refractivity contribution in [2.45, 2.75) is 0 Å². The average molecular weight is 314 g/mol. The Balaban J connectivity index is 2.89. The fourth-order valence-electron chi connectivity index (χ4n) is 1.42. The fraction of sp³-hybridized carbons (Fsp3) is 0. The third kappa shape index (κ3) is 1.62. The van der Waals surface area contributed by atoms with Gasteiger partial charge in [0.25, 0.3) is 0 Å². The van der Waals surface area contributed by atoms with Gasteiger partial charge in [0.1, 0.15) is 6.29 Å². The Morgan fingerprint density at radius 1 is 1.07 bits per heavy atom. The first kappa shape index (κ1) is 9.87. The van der Waals surface area contributed by atoms with E-state index in [0.29, 0.717) is 5.56 Å². The zero-order valence-corrected chi connectivity index (χ0v) is 10.3. The first-order valence-corrected chi connectivity index (χ1v) is 5.64. The molecule has 2 aromatic rings. The molecular weight excluding hydrogens is 308 g/mol. The van der Waals surface area contributed by atoms with Crippen molar-refractivity contribution in [3.05, 3.63) is 44.8 Å². The van der Waals surface area contributed by atoms with Gasteiger partial charge < -0.3 is 0 Å². The zero-order valence-electron chi connectivity index (χ0n) is 7.13. The minimum Gasteiger partial charge on any atom is -0.298 e. The van der Waals surface area contributed by atoms with Crippen LogP contribution in [-0.2, 0) is 0 Å². The highest BCUT2D eigenvalue weighted by Crippen LogP contribution is 2.31. The van der Waals surface area contributed by atoms with Crippen molar-refractivity contribution in [3.63, 3.8) is 0 Å². The van der Waals surface area contributed by atoms with Crippen LogP contribution in [0.4, 0.5) is 0 Å². The molecule has 0 heterocycles. The number of hydrogen-bond acceptors (Lipinski definition) is 1. The monoisotopic (exact) mass is 312 g/mol. The van der Waals surface area contributed by atoms with E-state index in [1.807, 2.05) is 30.3 Å². The smallest absolute Gasteiger partial charge is 0.150 e. The molecule has 0 amide bonds. The highest BCUT2D eigenvalue weighted by Gasteiger charge is 2.04. The van der Waals surface area contributed by atoms with E-state index in [0.717, 1.165) is 26.0 Å². The van der Waals surface area contributed by atoms with Gasteiger partial charge in [-0.2, -0.15) is 0 Å². The molecule has 0 saturated carbocycles. The number of rotatable bonds is 1. The van der Waals surface area contributed by atoms with Gasteiger partial charge in [0.15, 0.2) is 0 Å². The maximum absolute atomic E-state index is 10.7. The number of carbonyl (C=O) groups is 1. The van der Waals surface area contributed by atoms with E-state index in [-0.39, 0.29) is 0 Å². The van der Waals surface area contributed by atoms with E-state index in [9.17, 15) is 4.79 Å². The van der Waals surface area contributed by atoms with Crippen molar-refractivity contribution >= 4 is 48.9 Å². The molecular formula is C11H6Br2O. The van der Waals surface area contributed by atoms with Crippen LogP contribution in [0.1, 0.15) is 10.4 Å². The molecule has 3 heteroatoms. The molecule has 2 aromatic carbocycles. The Labute approximate surface area is 98.4 Å². The van der Waals surface area contributed by atoms with E-state index in [1.165, 1.54) is 0 Å². The fourth-order valence-corrected chi connectivity index (χ4v) is 2.99. The molecule has 0 aliphatic rings. The summed E-state index contributed by atoms with van der Waals surface area (Å²) in [5, 5.41) is 2.15. The van der Waals surface area contributed by atoms with Crippen molar-refractivity contribution in [1.82, 2.24) is 0 Å². The van der Waals surface area contributed by atoms with E-state index in [1.54, 1.807) is 0 Å². The molecule has 0 N–H and O–H groups in total. The Kier molecular flexibility index (Phi) is 2.70. The summed E-state index contributed by atoms with van der Waals surface area (Å²) in [6.07, 6.45) is 0.852. The number of carbonyl (C=O) groups excluding carboxylic acids is 1. The van der Waals surface area contributed by atoms with Crippen LogP contribution >= 0.6 is 31.9 Å². The summed E-state index contributed by atoms with van der Waals surface area (Å²) in [4.78, 5) is 10.7. The molecule has 70 valence electrons. The Morgan fingerprint density at radius 2 is 1.86 bits per heavy atom. The molecule has 0 aliphatic carbocycles. The van der Waals surface area contributed by atoms with Crippen LogP contribution in [0, 0.1) is 0 Å². The van der Waals surface area contributed by atoms with Crippen LogP contribution in [0.25, 0.3) is 10.8 Å². The van der Waals surface area contributed by atoms with E-state index >= 15 is 0 Å². The third-order valence-electron chi connectivity index (χ3n) is 2.04. The number of fused-ring (bicyclic) bond motifs is 1. The van der Waals surface area contributed by atoms with Gasteiger partial charge in [0, 0.05) is 19.9 Å². The Morgan fingerprint density at radius 3 is 2.57 bits per heavy atom. The highest BCUT2D eigenvalue weighted by atomic mass is 79.9. The second-order valence-corrected chi connectivity index (χ2v) is 4.67. The van der Waals surface area contributed by atoms with Crippen LogP contribution < -0.4 is 0 Å². The largest absolute Gasteiger partial charge is 0.298 e. The highest BCUT2D eigenvalue weighted by molar-refractivity contribution is 9.11. The quantitative estimate of drug-likeness (QED) is 0.722. The number of benzene rings is 2. The van der Waals surface area contributed by atoms with E-state index in [4.69, 9.17) is 0 Å². The minimum absolute atomic E-state index is 0.683. The normalized spacial score (nSPS) is 10.4. The van der Waals surface area contributed by atoms with Gasteiger partial charge in [-0.1, -0.05) is 44.0 Å². The van der Waals surface area contributed by atoms with Gasteiger partial charge >= 0.3 is 0 Å². The van der Waals surface area contributed by atoms with Crippen molar-refractivity contribution in [1.29, 1.82) is 0 Å². The molecule has 0 aromatic heterocycles. The van der Waals surface area contributed by atoms with Crippen LogP contribution in [0.5, 0.6) is 0 Å². The lowest BCUT2D eigenvalue weighted by molar-refractivity contribution is 0.112. The number of halogens is 2. The van der Waals surface area contributed by atoms with Crippen LogP contribution in [0.2, 0.25) is 0 Å². The molecule has 0 bridgehead atoms. The first-order valence-electron chi connectivity index (χ1n) is 4.05. The van der Waals surface area contributed by atoms with Gasteiger partial charge in [-0.25, -0.2) is 0 Å². The summed E-state index contributed by atoms with van der Waals surface area (Å²) in [5.74, 6) is 0. The van der Waals surface area contributed by atoms with Crippen molar-refractivity contribution in [2.24, 2.45) is 0 Å². The van der Waals surface area contributed by atoms with Gasteiger partial charge in [0.05, 0.1) is 0 Å². The second kappa shape index (κ2) is 3.83. The SMILES string of the molecule is O=Cc1cc(Br)c2c(Br)cccc2c1. The molecule has 0 spiro atoms. The van der Waals surface area contributed by atoms with Gasteiger partial charge in [0.2, 0.25) is 0 Å². The van der Waals surface area contributed by atoms with Crippen molar-refractivity contribution in [3.8, 4) is 0 Å². The van der Waals surface area contributed by atoms with Crippen molar-refractivity contribution in [2.75, 3.05) is 0 Å². The first-order chi connectivity index (χ1) is 6.72. The third-order valence-corrected chi connectivity index (χ3v) is 3.32. The molecule has 1 nitrogen and oxygen atoms in total. The predicted octanol–water partition coefficient (Wildman–Crippen LogP) is 4.18. The summed E-state index contributed by atoms with van der Waals surface area (Å²) in [5.41, 5.74) is 0.683. The molecule has 0 aliphatic heterocycles. The minimum atomic E-state index is 0.683. The molecule has 14 heavy (non-hydrogen) atoms. The molecule has 0 atom stereocenters. The number of hydrogen-bond donors (Lipinski definition) is 0. The van der Waals surface area contributed by atoms with Crippen LogP contribution in [-0.4, -0.2) is 6.29 Å². The lowest BCUT2D eigenvalue weighted by Crippen LogP contribution is -1.83. The lowest BCUT2D eigenvalue weighted by Gasteiger charge is -2.04. The Bertz CT molecular complexity index is 506. The molecule has 0 unspecified atom stereocenters. The molecule has 0 saturated heterocycles. The van der Waals surface area contributed by atoms with Gasteiger partial charge in [-0.05, 0) is 23.6 Å². The predicted molar refractivity (Wildman–Crippen MR) is 64.7 cm³/mol. The Hall–Kier alpha value is -0.670. The van der Waals surface area contributed by atoms with Gasteiger partial charge in [-0.3, -0.25) is 4.79 Å². The van der Waals surface area contributed by atoms with Crippen LogP contribution in [0.15, 0.2) is 39.3 Å². The van der Waals surface area contributed by atoms with E-state index in [2.05, 4.69) is 31.9 Å². The summed E-state index contributed by atoms with van der Waals surface area (Å²) in [6, 6.07) is 9.61. The molecule has 2 rings (SSSR count).